The minimum Gasteiger partial charge on any atom is -0.491 e. The number of imide groups is 1. The summed E-state index contributed by atoms with van der Waals surface area (Å²) < 4.78 is 5.70. The van der Waals surface area contributed by atoms with Crippen molar-refractivity contribution in [3.05, 3.63) is 35.1 Å². The van der Waals surface area contributed by atoms with Crippen molar-refractivity contribution in [1.29, 1.82) is 0 Å². The molecule has 5 nitrogen and oxygen atoms in total. The Morgan fingerprint density at radius 1 is 1.28 bits per heavy atom. The second-order valence-electron chi connectivity index (χ2n) is 4.88. The molecule has 5 heteroatoms. The lowest BCUT2D eigenvalue weighted by atomic mass is 9.93. The second kappa shape index (κ2) is 3.73. The van der Waals surface area contributed by atoms with Crippen molar-refractivity contribution in [2.45, 2.75) is 26.0 Å². The predicted molar refractivity (Wildman–Crippen MR) is 64.4 cm³/mol. The number of hydrogen-bond donors (Lipinski definition) is 2. The Bertz CT molecular complexity index is 528. The van der Waals surface area contributed by atoms with Crippen LogP contribution in [0.25, 0.3) is 0 Å². The zero-order valence-corrected chi connectivity index (χ0v) is 10.2. The largest absolute Gasteiger partial charge is 0.491 e. The first-order valence-corrected chi connectivity index (χ1v) is 5.98. The molecule has 1 heterocycles. The molecule has 2 atom stereocenters. The zero-order valence-electron chi connectivity index (χ0n) is 10.2. The Balaban J connectivity index is 1.89. The van der Waals surface area contributed by atoms with Gasteiger partial charge in [-0.25, -0.2) is 4.79 Å². The second-order valence-corrected chi connectivity index (χ2v) is 4.88. The van der Waals surface area contributed by atoms with Crippen LogP contribution in [0.5, 0.6) is 0 Å². The SMILES string of the molecule is CC(C)OC1=C2C=CC(=C1)C2C1NC(=O)NC1=O. The number of amides is 3. The van der Waals surface area contributed by atoms with E-state index < -0.39 is 12.1 Å². The van der Waals surface area contributed by atoms with Crippen LogP contribution in [-0.4, -0.2) is 24.1 Å². The molecule has 0 aromatic carbocycles. The Hall–Kier alpha value is -2.04. The van der Waals surface area contributed by atoms with Gasteiger partial charge in [-0.2, -0.15) is 0 Å². The van der Waals surface area contributed by atoms with E-state index in [1.54, 1.807) is 0 Å². The average Bonchev–Trinajstić information content (AvgIpc) is 2.89. The number of carbonyl (C=O) groups is 2. The van der Waals surface area contributed by atoms with Crippen LogP contribution in [0, 0.1) is 5.92 Å². The summed E-state index contributed by atoms with van der Waals surface area (Å²) in [4.78, 5) is 22.9. The third kappa shape index (κ3) is 1.54. The Labute approximate surface area is 105 Å². The highest BCUT2D eigenvalue weighted by molar-refractivity contribution is 6.05. The number of nitrogens with one attached hydrogen (secondary N) is 2. The highest BCUT2D eigenvalue weighted by Crippen LogP contribution is 2.42. The van der Waals surface area contributed by atoms with Gasteiger partial charge in [-0.1, -0.05) is 12.2 Å². The smallest absolute Gasteiger partial charge is 0.322 e. The molecule has 2 bridgehead atoms. The number of allylic oxidation sites excluding steroid dienone is 3. The Morgan fingerprint density at radius 3 is 2.67 bits per heavy atom. The van der Waals surface area contributed by atoms with Crippen LogP contribution in [0.2, 0.25) is 0 Å². The first-order chi connectivity index (χ1) is 8.56. The number of rotatable bonds is 3. The van der Waals surface area contributed by atoms with Gasteiger partial charge in [-0.05, 0) is 25.5 Å². The lowest BCUT2D eigenvalue weighted by Gasteiger charge is -2.17. The maximum absolute atomic E-state index is 11.7. The quantitative estimate of drug-likeness (QED) is 0.730. The molecule has 1 fully saturated rings. The summed E-state index contributed by atoms with van der Waals surface area (Å²) in [6, 6.07) is -0.953. The monoisotopic (exact) mass is 246 g/mol. The van der Waals surface area contributed by atoms with E-state index in [9.17, 15) is 9.59 Å². The number of fused-ring (bicyclic) bond motifs is 2. The number of ether oxygens (including phenoxy) is 1. The summed E-state index contributed by atoms with van der Waals surface area (Å²) in [5.41, 5.74) is 1.99. The molecule has 1 aliphatic heterocycles. The maximum Gasteiger partial charge on any atom is 0.322 e. The van der Waals surface area contributed by atoms with E-state index in [1.807, 2.05) is 32.1 Å². The number of urea groups is 1. The number of hydrogen-bond acceptors (Lipinski definition) is 3. The van der Waals surface area contributed by atoms with E-state index in [4.69, 9.17) is 4.74 Å². The fourth-order valence-electron chi connectivity index (χ4n) is 2.58. The molecular weight excluding hydrogens is 232 g/mol. The molecule has 0 radical (unpaired) electrons. The normalized spacial score (nSPS) is 28.9. The zero-order chi connectivity index (χ0) is 12.9. The third-order valence-electron chi connectivity index (χ3n) is 3.23. The molecule has 2 N–H and O–H groups in total. The lowest BCUT2D eigenvalue weighted by Crippen LogP contribution is -2.36. The fourth-order valence-corrected chi connectivity index (χ4v) is 2.58. The van der Waals surface area contributed by atoms with Gasteiger partial charge in [0.2, 0.25) is 0 Å². The molecule has 2 unspecified atom stereocenters. The lowest BCUT2D eigenvalue weighted by molar-refractivity contribution is -0.120. The average molecular weight is 246 g/mol. The fraction of sp³-hybridized carbons (Fsp3) is 0.385. The van der Waals surface area contributed by atoms with Crippen molar-refractivity contribution in [3.8, 4) is 0 Å². The van der Waals surface area contributed by atoms with Crippen molar-refractivity contribution >= 4 is 11.9 Å². The molecular formula is C13H14N2O3. The first-order valence-electron chi connectivity index (χ1n) is 5.98. The van der Waals surface area contributed by atoms with Crippen LogP contribution in [0.4, 0.5) is 4.79 Å². The van der Waals surface area contributed by atoms with Crippen LogP contribution in [0.3, 0.4) is 0 Å². The van der Waals surface area contributed by atoms with Crippen LogP contribution in [0.15, 0.2) is 35.1 Å². The molecule has 3 aliphatic rings. The van der Waals surface area contributed by atoms with Crippen LogP contribution in [-0.2, 0) is 9.53 Å². The molecule has 94 valence electrons. The first kappa shape index (κ1) is 11.1. The van der Waals surface area contributed by atoms with Gasteiger partial charge in [0.15, 0.2) is 0 Å². The van der Waals surface area contributed by atoms with Gasteiger partial charge in [0.05, 0.1) is 6.10 Å². The van der Waals surface area contributed by atoms with E-state index in [1.165, 1.54) is 0 Å². The predicted octanol–water partition coefficient (Wildman–Crippen LogP) is 0.999. The topological polar surface area (TPSA) is 67.4 Å². The summed E-state index contributed by atoms with van der Waals surface area (Å²) in [6.07, 6.45) is 5.95. The van der Waals surface area contributed by atoms with Gasteiger partial charge in [0, 0.05) is 11.5 Å². The Kier molecular flexibility index (Phi) is 2.29. The van der Waals surface area contributed by atoms with Crippen molar-refractivity contribution < 1.29 is 14.3 Å². The summed E-state index contributed by atoms with van der Waals surface area (Å²) >= 11 is 0. The highest BCUT2D eigenvalue weighted by Gasteiger charge is 2.44. The summed E-state index contributed by atoms with van der Waals surface area (Å²) in [5, 5.41) is 4.91. The Morgan fingerprint density at radius 2 is 2.06 bits per heavy atom. The van der Waals surface area contributed by atoms with Crippen LogP contribution >= 0.6 is 0 Å². The van der Waals surface area contributed by atoms with E-state index in [2.05, 4.69) is 10.6 Å². The standard InChI is InChI=1S/C13H14N2O3/c1-6(2)18-9-5-7-3-4-8(9)10(7)11-12(16)15-13(17)14-11/h3-6,10-11H,1-2H3,(H2,14,15,16,17). The summed E-state index contributed by atoms with van der Waals surface area (Å²) in [6.45, 7) is 3.92. The highest BCUT2D eigenvalue weighted by atomic mass is 16.5. The van der Waals surface area contributed by atoms with Gasteiger partial charge in [0.25, 0.3) is 5.91 Å². The molecule has 3 rings (SSSR count). The number of carbonyl (C=O) groups excluding carboxylic acids is 2. The molecule has 18 heavy (non-hydrogen) atoms. The van der Waals surface area contributed by atoms with E-state index in [0.29, 0.717) is 0 Å². The van der Waals surface area contributed by atoms with Crippen molar-refractivity contribution in [3.63, 3.8) is 0 Å². The van der Waals surface area contributed by atoms with E-state index in [-0.39, 0.29) is 17.9 Å². The molecule has 1 saturated heterocycles. The maximum atomic E-state index is 11.7. The van der Waals surface area contributed by atoms with E-state index in [0.717, 1.165) is 16.9 Å². The third-order valence-corrected chi connectivity index (χ3v) is 3.23. The van der Waals surface area contributed by atoms with Crippen LogP contribution in [0.1, 0.15) is 13.8 Å². The van der Waals surface area contributed by atoms with Gasteiger partial charge in [-0.3, -0.25) is 10.1 Å². The molecule has 2 aliphatic carbocycles. The van der Waals surface area contributed by atoms with Gasteiger partial charge < -0.3 is 10.1 Å². The van der Waals surface area contributed by atoms with E-state index >= 15 is 0 Å². The molecule has 0 spiro atoms. The summed E-state index contributed by atoms with van der Waals surface area (Å²) in [7, 11) is 0. The van der Waals surface area contributed by atoms with Gasteiger partial charge in [-0.15, -0.1) is 0 Å². The van der Waals surface area contributed by atoms with Crippen LogP contribution < -0.4 is 10.6 Å². The van der Waals surface area contributed by atoms with Gasteiger partial charge >= 0.3 is 6.03 Å². The minimum absolute atomic E-state index is 0.0877. The van der Waals surface area contributed by atoms with Crippen molar-refractivity contribution in [1.82, 2.24) is 10.6 Å². The van der Waals surface area contributed by atoms with Gasteiger partial charge in [0.1, 0.15) is 11.8 Å². The molecule has 3 amide bonds. The molecule has 0 saturated carbocycles. The van der Waals surface area contributed by atoms with Crippen molar-refractivity contribution in [2.75, 3.05) is 0 Å². The molecule has 0 aromatic heterocycles. The molecule has 0 aromatic rings. The minimum atomic E-state index is -0.526. The summed E-state index contributed by atoms with van der Waals surface area (Å²) in [5.74, 6) is 0.426. The van der Waals surface area contributed by atoms with Crippen molar-refractivity contribution in [2.24, 2.45) is 5.92 Å².